The van der Waals surface area contributed by atoms with Gasteiger partial charge in [-0.1, -0.05) is 0 Å². The molecular formula is C8H10CuLiOS. The monoisotopic (exact) mass is 224 g/mol. The van der Waals surface area contributed by atoms with Crippen molar-refractivity contribution in [2.45, 2.75) is 0 Å². The average Bonchev–Trinajstić information content (AvgIpc) is 1.90. The standard InChI is InChI=1S/C6H5.C2H5OS.Cu.Li/c1-2-4-6-5-3-1;1-4(2)3;;/h1-5H;1H2,2H3;;/q2*-1;2*+1. The van der Waals surface area contributed by atoms with Gasteiger partial charge in [-0.15, -0.1) is 10.8 Å². The molecule has 0 aromatic heterocycles. The largest absolute Gasteiger partial charge is 1.00 e. The summed E-state index contributed by atoms with van der Waals surface area (Å²) in [5, 5.41) is 0. The smallest absolute Gasteiger partial charge is 0.295 e. The normalized spacial score (nSPS) is 9.17. The first-order chi connectivity index (χ1) is 4.73. The molecule has 4 heteroatoms. The Balaban J connectivity index is -0.000000124. The van der Waals surface area contributed by atoms with Crippen LogP contribution in [0.3, 0.4) is 0 Å². The topological polar surface area (TPSA) is 17.1 Å². The van der Waals surface area contributed by atoms with Gasteiger partial charge in [0.15, 0.2) is 0 Å². The van der Waals surface area contributed by atoms with Gasteiger partial charge in [-0.2, -0.15) is 36.4 Å². The molecule has 0 saturated carbocycles. The van der Waals surface area contributed by atoms with E-state index in [1.54, 1.807) is 0 Å². The van der Waals surface area contributed by atoms with E-state index in [-0.39, 0.29) is 35.9 Å². The van der Waals surface area contributed by atoms with E-state index in [1.807, 2.05) is 30.3 Å². The van der Waals surface area contributed by atoms with Crippen LogP contribution >= 0.6 is 0 Å². The van der Waals surface area contributed by atoms with E-state index in [4.69, 9.17) is 0 Å². The minimum Gasteiger partial charge on any atom is -0.295 e. The molecule has 12 heavy (non-hydrogen) atoms. The van der Waals surface area contributed by atoms with E-state index in [1.165, 1.54) is 6.26 Å². The summed E-state index contributed by atoms with van der Waals surface area (Å²) in [4.78, 5) is 0. The van der Waals surface area contributed by atoms with Gasteiger partial charge in [0.05, 0.1) is 0 Å². The van der Waals surface area contributed by atoms with Crippen LogP contribution in [0.5, 0.6) is 0 Å². The third-order valence-electron chi connectivity index (χ3n) is 0.607. The summed E-state index contributed by atoms with van der Waals surface area (Å²) in [5.41, 5.74) is 0. The van der Waals surface area contributed by atoms with Gasteiger partial charge in [-0.05, 0) is 6.26 Å². The molecule has 1 atom stereocenters. The average molecular weight is 225 g/mol. The van der Waals surface area contributed by atoms with Crippen LogP contribution < -0.4 is 18.9 Å². The first-order valence-electron chi connectivity index (χ1n) is 2.77. The zero-order chi connectivity index (χ0) is 7.82. The van der Waals surface area contributed by atoms with Crippen molar-refractivity contribution in [2.75, 3.05) is 6.26 Å². The molecule has 0 heterocycles. The maximum atomic E-state index is 9.44. The van der Waals surface area contributed by atoms with Crippen molar-refractivity contribution in [1.29, 1.82) is 0 Å². The van der Waals surface area contributed by atoms with Crippen LogP contribution in [0.15, 0.2) is 30.3 Å². The Morgan fingerprint density at radius 3 is 1.67 bits per heavy atom. The maximum Gasteiger partial charge on any atom is 1.00 e. The van der Waals surface area contributed by atoms with Crippen molar-refractivity contribution in [3.8, 4) is 0 Å². The zero-order valence-electron chi connectivity index (χ0n) is 7.21. The van der Waals surface area contributed by atoms with E-state index in [0.29, 0.717) is 0 Å². The molecule has 1 aromatic rings. The van der Waals surface area contributed by atoms with Crippen molar-refractivity contribution < 1.29 is 40.1 Å². The molecular weight excluding hydrogens is 215 g/mol. The number of rotatable bonds is 0. The van der Waals surface area contributed by atoms with Gasteiger partial charge in [0.1, 0.15) is 0 Å². The summed E-state index contributed by atoms with van der Waals surface area (Å²) < 4.78 is 9.44. The quantitative estimate of drug-likeness (QED) is 0.393. The van der Waals surface area contributed by atoms with Crippen LogP contribution in [0.25, 0.3) is 0 Å². The first kappa shape index (κ1) is 18.3. The fourth-order valence-corrected chi connectivity index (χ4v) is 0.342. The van der Waals surface area contributed by atoms with Crippen molar-refractivity contribution in [3.63, 3.8) is 0 Å². The van der Waals surface area contributed by atoms with Crippen molar-refractivity contribution >= 4 is 10.8 Å². The Hall–Kier alpha value is 0.487. The van der Waals surface area contributed by atoms with Gasteiger partial charge in [0.25, 0.3) is 0 Å². The Kier molecular flexibility index (Phi) is 21.4. The van der Waals surface area contributed by atoms with E-state index < -0.39 is 10.8 Å². The molecule has 0 aliphatic carbocycles. The molecule has 66 valence electrons. The molecule has 1 aromatic carbocycles. The van der Waals surface area contributed by atoms with Gasteiger partial charge in [-0.3, -0.25) is 10.5 Å². The molecule has 0 N–H and O–H groups in total. The molecule has 0 spiro atoms. The summed E-state index contributed by atoms with van der Waals surface area (Å²) in [5.74, 6) is 0. The van der Waals surface area contributed by atoms with Gasteiger partial charge in [-0.25, -0.2) is 0 Å². The molecule has 1 nitrogen and oxygen atoms in total. The van der Waals surface area contributed by atoms with E-state index in [0.717, 1.165) is 0 Å². The first-order valence-corrected chi connectivity index (χ1v) is 4.50. The molecule has 0 aliphatic heterocycles. The number of hydrogen-bond acceptors (Lipinski definition) is 1. The fourth-order valence-electron chi connectivity index (χ4n) is 0.342. The van der Waals surface area contributed by atoms with Crippen LogP contribution in [-0.4, -0.2) is 10.5 Å². The van der Waals surface area contributed by atoms with Crippen LogP contribution in [0.1, 0.15) is 0 Å². The predicted octanol–water partition coefficient (Wildman–Crippen LogP) is -1.36. The van der Waals surface area contributed by atoms with E-state index >= 15 is 0 Å². The van der Waals surface area contributed by atoms with Gasteiger partial charge in [0.2, 0.25) is 0 Å². The minimum atomic E-state index is -0.861. The van der Waals surface area contributed by atoms with Gasteiger partial charge in [0, 0.05) is 0 Å². The van der Waals surface area contributed by atoms with E-state index in [2.05, 4.69) is 12.3 Å². The molecule has 0 bridgehead atoms. The van der Waals surface area contributed by atoms with Crippen molar-refractivity contribution in [3.05, 3.63) is 42.7 Å². The van der Waals surface area contributed by atoms with Gasteiger partial charge >= 0.3 is 35.9 Å². The molecule has 0 saturated heterocycles. The summed E-state index contributed by atoms with van der Waals surface area (Å²) in [7, 11) is -0.861. The summed E-state index contributed by atoms with van der Waals surface area (Å²) in [6.45, 7) is 0. The Morgan fingerprint density at radius 2 is 1.58 bits per heavy atom. The minimum absolute atomic E-state index is 0. The molecule has 1 unspecified atom stereocenters. The van der Waals surface area contributed by atoms with Crippen molar-refractivity contribution in [2.24, 2.45) is 0 Å². The third kappa shape index (κ3) is 22.4. The van der Waals surface area contributed by atoms with Crippen LogP contribution in [-0.2, 0) is 27.9 Å². The molecule has 0 radical (unpaired) electrons. The van der Waals surface area contributed by atoms with Crippen LogP contribution in [0.2, 0.25) is 0 Å². The second-order valence-electron chi connectivity index (χ2n) is 1.65. The Labute approximate surface area is 99.4 Å². The maximum absolute atomic E-state index is 9.44. The fraction of sp³-hybridized carbons (Fsp3) is 0.125. The SMILES string of the molecule is [CH2-]S(C)=O.[Cu+].[Li+].[c-]1ccccc1. The zero-order valence-corrected chi connectivity index (χ0v) is 8.97. The molecule has 0 amide bonds. The summed E-state index contributed by atoms with van der Waals surface area (Å²) in [6, 6.07) is 12.5. The second-order valence-corrected chi connectivity index (χ2v) is 2.80. The van der Waals surface area contributed by atoms with Crippen LogP contribution in [0.4, 0.5) is 0 Å². The number of benzene rings is 1. The second kappa shape index (κ2) is 14.0. The summed E-state index contributed by atoms with van der Waals surface area (Å²) >= 11 is 0. The van der Waals surface area contributed by atoms with Crippen molar-refractivity contribution in [1.82, 2.24) is 0 Å². The molecule has 0 fully saturated rings. The molecule has 0 aliphatic rings. The number of hydrogen-bond donors (Lipinski definition) is 0. The van der Waals surface area contributed by atoms with Gasteiger partial charge < -0.3 is 0 Å². The van der Waals surface area contributed by atoms with Crippen LogP contribution in [0, 0.1) is 12.3 Å². The third-order valence-corrected chi connectivity index (χ3v) is 0.607. The molecule has 1 rings (SSSR count). The predicted molar refractivity (Wildman–Crippen MR) is 44.7 cm³/mol. The Bertz CT molecular complexity index is 151. The Morgan fingerprint density at radius 1 is 1.25 bits per heavy atom. The van der Waals surface area contributed by atoms with E-state index in [9.17, 15) is 4.21 Å². The summed E-state index contributed by atoms with van der Waals surface area (Å²) in [6.07, 6.45) is 4.64.